The van der Waals surface area contributed by atoms with Crippen molar-refractivity contribution in [1.29, 1.82) is 0 Å². The van der Waals surface area contributed by atoms with Gasteiger partial charge in [-0.2, -0.15) is 13.2 Å². The number of hydrogen-bond donors (Lipinski definition) is 0. The maximum atomic E-state index is 12.3. The van der Waals surface area contributed by atoms with E-state index in [4.69, 9.17) is 0 Å². The predicted octanol–water partition coefficient (Wildman–Crippen LogP) is 1.82. The van der Waals surface area contributed by atoms with Gasteiger partial charge in [0.25, 0.3) is 5.56 Å². The van der Waals surface area contributed by atoms with E-state index in [-0.39, 0.29) is 24.4 Å². The minimum Gasteiger partial charge on any atom is -0.343 e. The lowest BCUT2D eigenvalue weighted by molar-refractivity contribution is -0.149. The molecule has 1 aromatic heterocycles. The molecule has 0 radical (unpaired) electrons. The van der Waals surface area contributed by atoms with Crippen LogP contribution in [0.15, 0.2) is 23.4 Å². The van der Waals surface area contributed by atoms with Gasteiger partial charge in [-0.3, -0.25) is 14.2 Å². The normalized spacial score (nSPS) is 16.8. The van der Waals surface area contributed by atoms with Gasteiger partial charge in [-0.05, 0) is 18.8 Å². The third-order valence-corrected chi connectivity index (χ3v) is 3.85. The van der Waals surface area contributed by atoms with E-state index in [0.717, 1.165) is 0 Å². The number of nitrogens with zero attached hydrogens (tertiary/aromatic N) is 3. The molecule has 1 aromatic rings. The van der Waals surface area contributed by atoms with Gasteiger partial charge in [0.1, 0.15) is 0 Å². The number of hydrogen-bond acceptors (Lipinski definition) is 3. The highest BCUT2D eigenvalue weighted by Gasteiger charge is 2.34. The Kier molecular flexibility index (Phi) is 5.20. The average molecular weight is 317 g/mol. The van der Waals surface area contributed by atoms with Gasteiger partial charge in [0.15, 0.2) is 0 Å². The number of halogens is 3. The first kappa shape index (κ1) is 16.5. The molecule has 5 nitrogen and oxygen atoms in total. The van der Waals surface area contributed by atoms with Crippen molar-refractivity contribution in [2.45, 2.75) is 38.4 Å². The number of likely N-dealkylation sites (tertiary alicyclic amines) is 1. The molecule has 1 amide bonds. The molecule has 1 saturated heterocycles. The van der Waals surface area contributed by atoms with Crippen LogP contribution in [0.25, 0.3) is 0 Å². The van der Waals surface area contributed by atoms with Crippen molar-refractivity contribution in [2.75, 3.05) is 13.1 Å². The zero-order valence-electron chi connectivity index (χ0n) is 12.1. The number of rotatable bonds is 4. The van der Waals surface area contributed by atoms with E-state index < -0.39 is 18.5 Å². The summed E-state index contributed by atoms with van der Waals surface area (Å²) in [7, 11) is 0. The first-order valence-corrected chi connectivity index (χ1v) is 7.20. The quantitative estimate of drug-likeness (QED) is 0.851. The van der Waals surface area contributed by atoms with Crippen LogP contribution in [0.3, 0.4) is 0 Å². The smallest absolute Gasteiger partial charge is 0.343 e. The van der Waals surface area contributed by atoms with E-state index in [0.29, 0.717) is 25.9 Å². The Morgan fingerprint density at radius 2 is 2.00 bits per heavy atom. The van der Waals surface area contributed by atoms with Crippen molar-refractivity contribution >= 4 is 5.91 Å². The van der Waals surface area contributed by atoms with E-state index >= 15 is 0 Å². The van der Waals surface area contributed by atoms with Crippen molar-refractivity contribution in [3.8, 4) is 0 Å². The number of aryl methyl sites for hydroxylation is 1. The van der Waals surface area contributed by atoms with Crippen molar-refractivity contribution in [1.82, 2.24) is 14.5 Å². The number of carbonyl (C=O) groups is 1. The molecule has 0 unspecified atom stereocenters. The maximum Gasteiger partial charge on any atom is 0.389 e. The zero-order chi connectivity index (χ0) is 16.2. The lowest BCUT2D eigenvalue weighted by atomic mass is 9.93. The summed E-state index contributed by atoms with van der Waals surface area (Å²) in [5.74, 6) is -0.536. The van der Waals surface area contributed by atoms with Crippen molar-refractivity contribution in [3.63, 3.8) is 0 Å². The largest absolute Gasteiger partial charge is 0.389 e. The SMILES string of the molecule is O=C(CCn1cnccc1=O)N1CCC(CC(F)(F)F)CC1. The Bertz CT molecular complexity index is 563. The monoisotopic (exact) mass is 317 g/mol. The minimum absolute atomic E-state index is 0.138. The lowest BCUT2D eigenvalue weighted by Gasteiger charge is -2.32. The molecule has 122 valence electrons. The highest BCUT2D eigenvalue weighted by atomic mass is 19.4. The van der Waals surface area contributed by atoms with Gasteiger partial charge in [-0.1, -0.05) is 0 Å². The second-order valence-electron chi connectivity index (χ2n) is 5.51. The second kappa shape index (κ2) is 6.93. The second-order valence-corrected chi connectivity index (χ2v) is 5.51. The Hall–Kier alpha value is -1.86. The van der Waals surface area contributed by atoms with Crippen LogP contribution in [0.4, 0.5) is 13.2 Å². The van der Waals surface area contributed by atoms with E-state index in [2.05, 4.69) is 4.98 Å². The Labute approximate surface area is 125 Å². The van der Waals surface area contributed by atoms with Gasteiger partial charge in [0.2, 0.25) is 5.91 Å². The standard InChI is InChI=1S/C14H18F3N3O2/c15-14(16,17)9-11-2-6-19(7-3-11)13(22)4-8-20-10-18-5-1-12(20)21/h1,5,10-11H,2-4,6-9H2. The molecule has 0 atom stereocenters. The molecule has 0 saturated carbocycles. The fraction of sp³-hybridized carbons (Fsp3) is 0.643. The molecule has 1 fully saturated rings. The van der Waals surface area contributed by atoms with Gasteiger partial charge in [-0.15, -0.1) is 0 Å². The predicted molar refractivity (Wildman–Crippen MR) is 73.1 cm³/mol. The summed E-state index contributed by atoms with van der Waals surface area (Å²) in [4.78, 5) is 28.9. The van der Waals surface area contributed by atoms with Crippen LogP contribution >= 0.6 is 0 Å². The van der Waals surface area contributed by atoms with Gasteiger partial charge in [0, 0.05) is 44.7 Å². The van der Waals surface area contributed by atoms with E-state index in [9.17, 15) is 22.8 Å². The van der Waals surface area contributed by atoms with Crippen molar-refractivity contribution in [2.24, 2.45) is 5.92 Å². The summed E-state index contributed by atoms with van der Waals surface area (Å²) in [6.45, 7) is 0.928. The summed E-state index contributed by atoms with van der Waals surface area (Å²) in [5, 5.41) is 0. The Balaban J connectivity index is 1.78. The van der Waals surface area contributed by atoms with E-state index in [1.165, 1.54) is 23.2 Å². The molecule has 2 heterocycles. The van der Waals surface area contributed by atoms with Crippen LogP contribution in [0.5, 0.6) is 0 Å². The van der Waals surface area contributed by atoms with Crippen molar-refractivity contribution in [3.05, 3.63) is 28.9 Å². The lowest BCUT2D eigenvalue weighted by Crippen LogP contribution is -2.40. The van der Waals surface area contributed by atoms with Gasteiger partial charge < -0.3 is 4.90 Å². The fourth-order valence-electron chi connectivity index (χ4n) is 2.63. The van der Waals surface area contributed by atoms with Crippen LogP contribution in [-0.4, -0.2) is 39.6 Å². The topological polar surface area (TPSA) is 55.2 Å². The summed E-state index contributed by atoms with van der Waals surface area (Å²) in [6.07, 6.45) is -1.28. The van der Waals surface area contributed by atoms with Gasteiger partial charge in [0.05, 0.1) is 6.33 Å². The molecule has 2 rings (SSSR count). The molecule has 1 aliphatic rings. The molecule has 0 aliphatic carbocycles. The van der Waals surface area contributed by atoms with Gasteiger partial charge >= 0.3 is 6.18 Å². The summed E-state index contributed by atoms with van der Waals surface area (Å²) >= 11 is 0. The van der Waals surface area contributed by atoms with Gasteiger partial charge in [-0.25, -0.2) is 4.98 Å². The third kappa shape index (κ3) is 4.85. The number of aromatic nitrogens is 2. The van der Waals surface area contributed by atoms with Crippen LogP contribution in [0.1, 0.15) is 25.7 Å². The molecule has 22 heavy (non-hydrogen) atoms. The average Bonchev–Trinajstić information content (AvgIpc) is 2.45. The van der Waals surface area contributed by atoms with Crippen LogP contribution in [0, 0.1) is 5.92 Å². The highest BCUT2D eigenvalue weighted by Crippen LogP contribution is 2.30. The number of amides is 1. The van der Waals surface area contributed by atoms with E-state index in [1.807, 2.05) is 0 Å². The fourth-order valence-corrected chi connectivity index (χ4v) is 2.63. The number of piperidine rings is 1. The molecule has 0 aromatic carbocycles. The first-order chi connectivity index (χ1) is 10.3. The minimum atomic E-state index is -4.14. The molecule has 0 N–H and O–H groups in total. The molecule has 1 aliphatic heterocycles. The van der Waals surface area contributed by atoms with Crippen LogP contribution in [-0.2, 0) is 11.3 Å². The maximum absolute atomic E-state index is 12.3. The first-order valence-electron chi connectivity index (χ1n) is 7.20. The van der Waals surface area contributed by atoms with Crippen LogP contribution in [0.2, 0.25) is 0 Å². The van der Waals surface area contributed by atoms with Crippen LogP contribution < -0.4 is 5.56 Å². The zero-order valence-corrected chi connectivity index (χ0v) is 12.1. The summed E-state index contributed by atoms with van der Waals surface area (Å²) < 4.78 is 38.3. The van der Waals surface area contributed by atoms with E-state index in [1.54, 1.807) is 4.90 Å². The molecule has 8 heteroatoms. The summed E-state index contributed by atoms with van der Waals surface area (Å²) in [6, 6.07) is 1.31. The Morgan fingerprint density at radius 1 is 1.32 bits per heavy atom. The summed E-state index contributed by atoms with van der Waals surface area (Å²) in [5.41, 5.74) is -0.230. The molecule has 0 bridgehead atoms. The number of alkyl halides is 3. The number of carbonyl (C=O) groups excluding carboxylic acids is 1. The molecule has 0 spiro atoms. The third-order valence-electron chi connectivity index (χ3n) is 3.85. The van der Waals surface area contributed by atoms with Crippen molar-refractivity contribution < 1.29 is 18.0 Å². The molecular weight excluding hydrogens is 299 g/mol. The highest BCUT2D eigenvalue weighted by molar-refractivity contribution is 5.76. The Morgan fingerprint density at radius 3 is 2.59 bits per heavy atom. The molecular formula is C14H18F3N3O2.